The summed E-state index contributed by atoms with van der Waals surface area (Å²) >= 11 is 7.28. The number of hydrogen-bond donors (Lipinski definition) is 0. The van der Waals surface area contributed by atoms with Gasteiger partial charge in [0.2, 0.25) is 0 Å². The molecule has 0 N–H and O–H groups in total. The van der Waals surface area contributed by atoms with Gasteiger partial charge in [0.25, 0.3) is 0 Å². The highest BCUT2D eigenvalue weighted by atomic mass is 35.5. The lowest BCUT2D eigenvalue weighted by atomic mass is 10.2. The Morgan fingerprint density at radius 1 is 1.36 bits per heavy atom. The average Bonchev–Trinajstić information content (AvgIpc) is 2.67. The molecule has 0 atom stereocenters. The first-order valence-electron chi connectivity index (χ1n) is 3.98. The molecular formula is C10H6ClNOS. The lowest BCUT2D eigenvalue weighted by molar-refractivity contribution is 0.112. The van der Waals surface area contributed by atoms with Crippen molar-refractivity contribution in [3.8, 4) is 10.4 Å². The van der Waals surface area contributed by atoms with Gasteiger partial charge in [0.1, 0.15) is 5.69 Å². The maximum absolute atomic E-state index is 10.4. The van der Waals surface area contributed by atoms with E-state index in [2.05, 4.69) is 4.37 Å². The minimum Gasteiger partial charge on any atom is -0.296 e. The number of rotatable bonds is 2. The largest absolute Gasteiger partial charge is 0.296 e. The van der Waals surface area contributed by atoms with Crippen molar-refractivity contribution in [3.63, 3.8) is 0 Å². The highest BCUT2D eigenvalue weighted by Gasteiger charge is 2.06. The standard InChI is InChI=1S/C10H6ClNOS/c11-9-4-2-1-3-8(9)10-5-7(6-13)12-14-10/h1-6H. The summed E-state index contributed by atoms with van der Waals surface area (Å²) < 4.78 is 3.97. The Morgan fingerprint density at radius 2 is 2.14 bits per heavy atom. The fraction of sp³-hybridized carbons (Fsp3) is 0. The van der Waals surface area contributed by atoms with Gasteiger partial charge in [-0.05, 0) is 23.7 Å². The van der Waals surface area contributed by atoms with Gasteiger partial charge in [-0.3, -0.25) is 4.79 Å². The highest BCUT2D eigenvalue weighted by molar-refractivity contribution is 7.09. The second kappa shape index (κ2) is 3.90. The van der Waals surface area contributed by atoms with Gasteiger partial charge in [-0.2, -0.15) is 4.37 Å². The summed E-state index contributed by atoms with van der Waals surface area (Å²) in [6.07, 6.45) is 0.733. The summed E-state index contributed by atoms with van der Waals surface area (Å²) in [5.41, 5.74) is 1.37. The normalized spacial score (nSPS) is 10.1. The molecule has 0 aliphatic rings. The van der Waals surface area contributed by atoms with Crippen LogP contribution >= 0.6 is 23.1 Å². The van der Waals surface area contributed by atoms with Crippen LogP contribution in [0.2, 0.25) is 5.02 Å². The molecular weight excluding hydrogens is 218 g/mol. The monoisotopic (exact) mass is 223 g/mol. The zero-order valence-corrected chi connectivity index (χ0v) is 8.68. The van der Waals surface area contributed by atoms with Gasteiger partial charge in [-0.25, -0.2) is 0 Å². The van der Waals surface area contributed by atoms with E-state index in [4.69, 9.17) is 11.6 Å². The summed E-state index contributed by atoms with van der Waals surface area (Å²) in [4.78, 5) is 11.4. The van der Waals surface area contributed by atoms with Crippen LogP contribution in [-0.2, 0) is 0 Å². The van der Waals surface area contributed by atoms with Crippen molar-refractivity contribution in [3.05, 3.63) is 41.0 Å². The number of aldehydes is 1. The molecule has 1 aromatic carbocycles. The summed E-state index contributed by atoms with van der Waals surface area (Å²) in [6, 6.07) is 9.23. The minimum absolute atomic E-state index is 0.449. The predicted octanol–water partition coefficient (Wildman–Crippen LogP) is 3.28. The molecule has 0 aliphatic carbocycles. The fourth-order valence-electron chi connectivity index (χ4n) is 1.13. The Bertz CT molecular complexity index is 467. The maximum atomic E-state index is 10.4. The third-order valence-corrected chi connectivity index (χ3v) is 2.95. The van der Waals surface area contributed by atoms with Gasteiger partial charge in [0.05, 0.1) is 4.88 Å². The SMILES string of the molecule is O=Cc1cc(-c2ccccc2Cl)sn1. The molecule has 0 saturated heterocycles. The molecule has 0 saturated carbocycles. The van der Waals surface area contributed by atoms with E-state index in [1.165, 1.54) is 11.5 Å². The van der Waals surface area contributed by atoms with E-state index in [1.807, 2.05) is 24.3 Å². The van der Waals surface area contributed by atoms with Crippen LogP contribution in [0, 0.1) is 0 Å². The van der Waals surface area contributed by atoms with Gasteiger partial charge in [0.15, 0.2) is 6.29 Å². The maximum Gasteiger partial charge on any atom is 0.169 e. The van der Waals surface area contributed by atoms with E-state index in [-0.39, 0.29) is 0 Å². The van der Waals surface area contributed by atoms with Crippen molar-refractivity contribution in [2.75, 3.05) is 0 Å². The van der Waals surface area contributed by atoms with E-state index < -0.39 is 0 Å². The zero-order chi connectivity index (χ0) is 9.97. The Balaban J connectivity index is 2.49. The molecule has 0 unspecified atom stereocenters. The molecule has 4 heteroatoms. The first kappa shape index (κ1) is 9.37. The molecule has 14 heavy (non-hydrogen) atoms. The summed E-state index contributed by atoms with van der Waals surface area (Å²) in [7, 11) is 0. The number of carbonyl (C=O) groups excluding carboxylic acids is 1. The lowest BCUT2D eigenvalue weighted by Crippen LogP contribution is -1.75. The van der Waals surface area contributed by atoms with Crippen molar-refractivity contribution in [2.24, 2.45) is 0 Å². The molecule has 0 radical (unpaired) electrons. The van der Waals surface area contributed by atoms with Gasteiger partial charge in [-0.1, -0.05) is 29.8 Å². The number of nitrogens with zero attached hydrogens (tertiary/aromatic N) is 1. The van der Waals surface area contributed by atoms with Crippen LogP contribution in [0.1, 0.15) is 10.5 Å². The number of halogens is 1. The molecule has 0 spiro atoms. The van der Waals surface area contributed by atoms with Crippen LogP contribution < -0.4 is 0 Å². The van der Waals surface area contributed by atoms with E-state index >= 15 is 0 Å². The Labute approximate surface area is 90.3 Å². The van der Waals surface area contributed by atoms with E-state index in [0.717, 1.165) is 16.7 Å². The van der Waals surface area contributed by atoms with Crippen molar-refractivity contribution in [2.45, 2.75) is 0 Å². The molecule has 1 aromatic heterocycles. The average molecular weight is 224 g/mol. The van der Waals surface area contributed by atoms with Crippen LogP contribution in [0.5, 0.6) is 0 Å². The first-order chi connectivity index (χ1) is 6.81. The Hall–Kier alpha value is -1.19. The molecule has 2 nitrogen and oxygen atoms in total. The summed E-state index contributed by atoms with van der Waals surface area (Å²) in [5.74, 6) is 0. The third-order valence-electron chi connectivity index (χ3n) is 1.79. The smallest absolute Gasteiger partial charge is 0.169 e. The fourth-order valence-corrected chi connectivity index (χ4v) is 2.18. The molecule has 0 fully saturated rings. The van der Waals surface area contributed by atoms with Gasteiger partial charge >= 0.3 is 0 Å². The number of hydrogen-bond acceptors (Lipinski definition) is 3. The van der Waals surface area contributed by atoms with E-state index in [1.54, 1.807) is 6.07 Å². The molecule has 70 valence electrons. The van der Waals surface area contributed by atoms with Crippen LogP contribution in [-0.4, -0.2) is 10.7 Å². The predicted molar refractivity (Wildman–Crippen MR) is 57.9 cm³/mol. The van der Waals surface area contributed by atoms with Crippen molar-refractivity contribution in [1.29, 1.82) is 0 Å². The molecule has 0 aliphatic heterocycles. The van der Waals surface area contributed by atoms with E-state index in [9.17, 15) is 4.79 Å². The molecule has 2 rings (SSSR count). The second-order valence-corrected chi connectivity index (χ2v) is 3.93. The van der Waals surface area contributed by atoms with Crippen molar-refractivity contribution >= 4 is 29.4 Å². The zero-order valence-electron chi connectivity index (χ0n) is 7.11. The number of benzene rings is 1. The quantitative estimate of drug-likeness (QED) is 0.732. The first-order valence-corrected chi connectivity index (χ1v) is 5.13. The van der Waals surface area contributed by atoms with E-state index in [0.29, 0.717) is 10.7 Å². The van der Waals surface area contributed by atoms with Crippen LogP contribution in [0.3, 0.4) is 0 Å². The van der Waals surface area contributed by atoms with Crippen LogP contribution in [0.15, 0.2) is 30.3 Å². The van der Waals surface area contributed by atoms with Gasteiger partial charge < -0.3 is 0 Å². The van der Waals surface area contributed by atoms with Gasteiger partial charge in [0, 0.05) is 10.6 Å². The van der Waals surface area contributed by atoms with Crippen LogP contribution in [0.25, 0.3) is 10.4 Å². The Morgan fingerprint density at radius 3 is 2.79 bits per heavy atom. The molecule has 0 amide bonds. The summed E-state index contributed by atoms with van der Waals surface area (Å²) in [5, 5.41) is 0.675. The highest BCUT2D eigenvalue weighted by Crippen LogP contribution is 2.30. The third kappa shape index (κ3) is 1.69. The minimum atomic E-state index is 0.449. The van der Waals surface area contributed by atoms with Gasteiger partial charge in [-0.15, -0.1) is 0 Å². The Kier molecular flexibility index (Phi) is 2.61. The lowest BCUT2D eigenvalue weighted by Gasteiger charge is -1.97. The van der Waals surface area contributed by atoms with Crippen molar-refractivity contribution in [1.82, 2.24) is 4.37 Å². The number of aromatic nitrogens is 1. The molecule has 1 heterocycles. The number of carbonyl (C=O) groups is 1. The van der Waals surface area contributed by atoms with Crippen molar-refractivity contribution < 1.29 is 4.79 Å². The summed E-state index contributed by atoms with van der Waals surface area (Å²) in [6.45, 7) is 0. The van der Waals surface area contributed by atoms with Crippen LogP contribution in [0.4, 0.5) is 0 Å². The second-order valence-electron chi connectivity index (χ2n) is 2.71. The molecule has 2 aromatic rings. The molecule has 0 bridgehead atoms. The topological polar surface area (TPSA) is 30.0 Å².